The van der Waals surface area contributed by atoms with Gasteiger partial charge in [0, 0.05) is 34.7 Å². The third kappa shape index (κ3) is 4.09. The zero-order valence-corrected chi connectivity index (χ0v) is 26.7. The quantitative estimate of drug-likeness (QED) is 0.181. The van der Waals surface area contributed by atoms with Crippen LogP contribution in [0.4, 0.5) is 0 Å². The van der Waals surface area contributed by atoms with Crippen molar-refractivity contribution in [3.63, 3.8) is 0 Å². The minimum absolute atomic E-state index is 1.03. The van der Waals surface area contributed by atoms with Crippen LogP contribution >= 0.6 is 0 Å². The van der Waals surface area contributed by atoms with Gasteiger partial charge in [0.25, 0.3) is 0 Å². The van der Waals surface area contributed by atoms with Gasteiger partial charge >= 0.3 is 0 Å². The van der Waals surface area contributed by atoms with E-state index in [0.717, 1.165) is 12.8 Å². The Kier molecular flexibility index (Phi) is 5.95. The second-order valence-electron chi connectivity index (χ2n) is 13.2. The summed E-state index contributed by atoms with van der Waals surface area (Å²) in [6.45, 7) is 2.15. The second-order valence-corrected chi connectivity index (χ2v) is 13.2. The lowest BCUT2D eigenvalue weighted by molar-refractivity contribution is 0.889. The predicted molar refractivity (Wildman–Crippen MR) is 203 cm³/mol. The van der Waals surface area contributed by atoms with Gasteiger partial charge in [-0.25, -0.2) is 0 Å². The largest absolute Gasteiger partial charge is 0.313 e. The minimum atomic E-state index is 1.03. The number of nitrogens with zero attached hydrogens (tertiary/aromatic N) is 2. The Bertz CT molecular complexity index is 2710. The van der Waals surface area contributed by atoms with Crippen LogP contribution in [-0.4, -0.2) is 9.55 Å². The molecule has 2 heterocycles. The molecule has 226 valence electrons. The Hall–Kier alpha value is -5.99. The van der Waals surface area contributed by atoms with Crippen LogP contribution in [-0.2, 0) is 6.42 Å². The molecule has 0 unspecified atom stereocenters. The molecule has 0 saturated heterocycles. The van der Waals surface area contributed by atoms with Crippen molar-refractivity contribution in [3.8, 4) is 39.1 Å². The van der Waals surface area contributed by atoms with Crippen LogP contribution in [0.3, 0.4) is 0 Å². The van der Waals surface area contributed by atoms with Crippen LogP contribution in [0.1, 0.15) is 23.2 Å². The topological polar surface area (TPSA) is 17.8 Å². The molecule has 0 atom stereocenters. The summed E-state index contributed by atoms with van der Waals surface area (Å²) < 4.78 is 2.51. The van der Waals surface area contributed by atoms with Crippen molar-refractivity contribution in [2.24, 2.45) is 0 Å². The molecule has 1 aliphatic rings. The van der Waals surface area contributed by atoms with Crippen molar-refractivity contribution in [3.05, 3.63) is 163 Å². The van der Waals surface area contributed by atoms with Gasteiger partial charge in [0.15, 0.2) is 0 Å². The summed E-state index contributed by atoms with van der Waals surface area (Å²) in [6.07, 6.45) is 10.5. The molecular formula is C46H32N2. The van der Waals surface area contributed by atoms with E-state index in [1.54, 1.807) is 0 Å². The maximum Gasteiger partial charge on any atom is 0.0537 e. The molecule has 2 heteroatoms. The van der Waals surface area contributed by atoms with E-state index in [0.29, 0.717) is 0 Å². The highest BCUT2D eigenvalue weighted by Crippen LogP contribution is 2.44. The van der Waals surface area contributed by atoms with Gasteiger partial charge in [0.05, 0.1) is 5.52 Å². The number of hydrogen-bond acceptors (Lipinski definition) is 1. The minimum Gasteiger partial charge on any atom is -0.313 e. The monoisotopic (exact) mass is 612 g/mol. The molecule has 7 aromatic carbocycles. The summed E-state index contributed by atoms with van der Waals surface area (Å²) in [4.78, 5) is 4.33. The highest BCUT2D eigenvalue weighted by molar-refractivity contribution is 6.27. The first-order valence-corrected chi connectivity index (χ1v) is 16.8. The molecule has 1 aliphatic carbocycles. The van der Waals surface area contributed by atoms with Crippen molar-refractivity contribution in [1.29, 1.82) is 0 Å². The normalized spacial score (nSPS) is 12.9. The average Bonchev–Trinajstić information content (AvgIpc) is 3.49. The van der Waals surface area contributed by atoms with E-state index in [9.17, 15) is 0 Å². The molecule has 0 N–H and O–H groups in total. The van der Waals surface area contributed by atoms with Crippen LogP contribution in [0, 0.1) is 6.92 Å². The van der Waals surface area contributed by atoms with Gasteiger partial charge < -0.3 is 4.57 Å². The third-order valence-electron chi connectivity index (χ3n) is 10.4. The molecule has 48 heavy (non-hydrogen) atoms. The van der Waals surface area contributed by atoms with Gasteiger partial charge in [-0.2, -0.15) is 0 Å². The lowest BCUT2D eigenvalue weighted by Crippen LogP contribution is -2.03. The molecule has 9 aromatic rings. The van der Waals surface area contributed by atoms with Gasteiger partial charge in [-0.1, -0.05) is 109 Å². The SMILES string of the molecule is Cc1ccc(-c2ccc3ccc4c(-c5cc(-c6ccncc6)cc(-n6c7c(c8ccccc86)C=CCC7)c5)ccc5ccc2c3c54)cc1. The molecule has 0 aliphatic heterocycles. The standard InChI is InChI=1S/C46H32N2/c1-29-10-12-31(13-11-29)37-18-14-32-17-21-42-38(19-15-33-16-20-41(37)45(32)46(33)42)35-26-34(30-22-24-47-25-23-30)27-36(28-35)48-43-8-4-2-6-39(43)40-7-3-5-9-44(40)48/h2-4,6-8,10-28H,5,9H2,1H3. The highest BCUT2D eigenvalue weighted by atomic mass is 15.0. The van der Waals surface area contributed by atoms with E-state index in [1.165, 1.54) is 99.1 Å². The number of allylic oxidation sites excluding steroid dienone is 1. The first-order chi connectivity index (χ1) is 23.7. The average molecular weight is 613 g/mol. The van der Waals surface area contributed by atoms with E-state index in [2.05, 4.69) is 156 Å². The van der Waals surface area contributed by atoms with Crippen LogP contribution in [0.5, 0.6) is 0 Å². The number of fused-ring (bicyclic) bond motifs is 3. The number of aryl methyl sites for hydroxylation is 1. The zero-order chi connectivity index (χ0) is 31.8. The predicted octanol–water partition coefficient (Wildman–Crippen LogP) is 12.2. The molecule has 0 fully saturated rings. The van der Waals surface area contributed by atoms with Crippen LogP contribution < -0.4 is 0 Å². The van der Waals surface area contributed by atoms with Crippen molar-refractivity contribution >= 4 is 49.3 Å². The van der Waals surface area contributed by atoms with Crippen molar-refractivity contribution < 1.29 is 0 Å². The fraction of sp³-hybridized carbons (Fsp3) is 0.0652. The number of benzene rings is 7. The summed E-state index contributed by atoms with van der Waals surface area (Å²) in [5, 5.41) is 9.13. The van der Waals surface area contributed by atoms with E-state index < -0.39 is 0 Å². The van der Waals surface area contributed by atoms with Gasteiger partial charge in [0.2, 0.25) is 0 Å². The second kappa shape index (κ2) is 10.5. The number of pyridine rings is 1. The molecule has 0 amide bonds. The van der Waals surface area contributed by atoms with Gasteiger partial charge in [-0.3, -0.25) is 4.98 Å². The molecule has 0 radical (unpaired) electrons. The van der Waals surface area contributed by atoms with Crippen LogP contribution in [0.25, 0.3) is 88.4 Å². The summed E-state index contributed by atoms with van der Waals surface area (Å²) in [5.74, 6) is 0. The molecule has 0 spiro atoms. The van der Waals surface area contributed by atoms with E-state index in [-0.39, 0.29) is 0 Å². The molecule has 2 aromatic heterocycles. The number of rotatable bonds is 4. The first kappa shape index (κ1) is 27.2. The number of aromatic nitrogens is 2. The van der Waals surface area contributed by atoms with Crippen molar-refractivity contribution in [2.75, 3.05) is 0 Å². The van der Waals surface area contributed by atoms with Gasteiger partial charge in [0.1, 0.15) is 0 Å². The maximum atomic E-state index is 4.33. The van der Waals surface area contributed by atoms with Crippen LogP contribution in [0.2, 0.25) is 0 Å². The lowest BCUT2D eigenvalue weighted by atomic mass is 9.86. The number of hydrogen-bond donors (Lipinski definition) is 0. The van der Waals surface area contributed by atoms with Gasteiger partial charge in [-0.05, 0) is 122 Å². The Morgan fingerprint density at radius 3 is 1.98 bits per heavy atom. The lowest BCUT2D eigenvalue weighted by Gasteiger charge is -2.19. The summed E-state index contributed by atoms with van der Waals surface area (Å²) in [7, 11) is 0. The molecule has 10 rings (SSSR count). The Balaban J connectivity index is 1.25. The summed E-state index contributed by atoms with van der Waals surface area (Å²) in [6, 6.07) is 47.6. The fourth-order valence-corrected chi connectivity index (χ4v) is 8.11. The van der Waals surface area contributed by atoms with E-state index in [1.807, 2.05) is 12.4 Å². The smallest absolute Gasteiger partial charge is 0.0537 e. The van der Waals surface area contributed by atoms with Crippen molar-refractivity contribution in [2.45, 2.75) is 19.8 Å². The highest BCUT2D eigenvalue weighted by Gasteiger charge is 2.21. The van der Waals surface area contributed by atoms with Crippen LogP contribution in [0.15, 0.2) is 146 Å². The third-order valence-corrected chi connectivity index (χ3v) is 10.4. The van der Waals surface area contributed by atoms with E-state index in [4.69, 9.17) is 0 Å². The summed E-state index contributed by atoms with van der Waals surface area (Å²) in [5.41, 5.74) is 13.8. The Labute approximate surface area is 279 Å². The Morgan fingerprint density at radius 1 is 0.562 bits per heavy atom. The number of para-hydroxylation sites is 1. The molecule has 2 nitrogen and oxygen atoms in total. The summed E-state index contributed by atoms with van der Waals surface area (Å²) >= 11 is 0. The molecular weight excluding hydrogens is 581 g/mol. The molecule has 0 saturated carbocycles. The fourth-order valence-electron chi connectivity index (χ4n) is 8.11. The van der Waals surface area contributed by atoms with Gasteiger partial charge in [-0.15, -0.1) is 0 Å². The Morgan fingerprint density at radius 2 is 1.23 bits per heavy atom. The maximum absolute atomic E-state index is 4.33. The first-order valence-electron chi connectivity index (χ1n) is 16.8. The van der Waals surface area contributed by atoms with Crippen molar-refractivity contribution in [1.82, 2.24) is 9.55 Å². The molecule has 0 bridgehead atoms. The van der Waals surface area contributed by atoms with E-state index >= 15 is 0 Å². The zero-order valence-electron chi connectivity index (χ0n) is 26.7.